The van der Waals surface area contributed by atoms with Crippen LogP contribution in [0.25, 0.3) is 0 Å². The molecule has 5 heteroatoms. The Morgan fingerprint density at radius 1 is 1.19 bits per heavy atom. The molecular formula is C21H33IN4. The predicted octanol–water partition coefficient (Wildman–Crippen LogP) is 3.50. The maximum Gasteiger partial charge on any atom is 0.193 e. The molecule has 2 fully saturated rings. The van der Waals surface area contributed by atoms with Gasteiger partial charge in [0.25, 0.3) is 0 Å². The van der Waals surface area contributed by atoms with Crippen LogP contribution in [0.4, 0.5) is 0 Å². The summed E-state index contributed by atoms with van der Waals surface area (Å²) in [5.74, 6) is 1.10. The number of hydrogen-bond acceptors (Lipinski definition) is 2. The Morgan fingerprint density at radius 2 is 1.96 bits per heavy atom. The topological polar surface area (TPSA) is 30.9 Å². The van der Waals surface area contributed by atoms with Crippen LogP contribution in [-0.2, 0) is 13.0 Å². The summed E-state index contributed by atoms with van der Waals surface area (Å²) in [6, 6.07) is 9.40. The Balaban J connectivity index is 0.00000196. The van der Waals surface area contributed by atoms with Gasteiger partial charge in [0.15, 0.2) is 5.96 Å². The molecule has 2 aliphatic heterocycles. The van der Waals surface area contributed by atoms with Crippen molar-refractivity contribution in [3.8, 4) is 0 Å². The Labute approximate surface area is 175 Å². The van der Waals surface area contributed by atoms with Crippen LogP contribution in [0.2, 0.25) is 0 Å². The van der Waals surface area contributed by atoms with Crippen LogP contribution in [-0.4, -0.2) is 55.0 Å². The van der Waals surface area contributed by atoms with E-state index in [0.717, 1.165) is 25.6 Å². The standard InChI is InChI=1S/C21H32N4.HI/c1-17(24-12-8-18-6-3-4-7-19(18)15-24)14-23-20(22-2)25-13-11-21(16-25)9-5-10-21;/h3-4,6-7,17H,5,8-16H2,1-2H3,(H,22,23);1H. The van der Waals surface area contributed by atoms with E-state index in [9.17, 15) is 0 Å². The summed E-state index contributed by atoms with van der Waals surface area (Å²) in [5, 5.41) is 3.65. The zero-order valence-electron chi connectivity index (χ0n) is 16.2. The number of nitrogens with one attached hydrogen (secondary N) is 1. The van der Waals surface area contributed by atoms with E-state index < -0.39 is 0 Å². The number of rotatable bonds is 3. The van der Waals surface area contributed by atoms with Crippen LogP contribution >= 0.6 is 24.0 Å². The average Bonchev–Trinajstić information content (AvgIpc) is 3.08. The van der Waals surface area contributed by atoms with Gasteiger partial charge < -0.3 is 10.2 Å². The number of likely N-dealkylation sites (tertiary alicyclic amines) is 1. The van der Waals surface area contributed by atoms with E-state index in [2.05, 4.69) is 51.3 Å². The van der Waals surface area contributed by atoms with E-state index in [4.69, 9.17) is 0 Å². The van der Waals surface area contributed by atoms with Crippen molar-refractivity contribution in [3.05, 3.63) is 35.4 Å². The summed E-state index contributed by atoms with van der Waals surface area (Å²) in [6.45, 7) is 7.92. The number of nitrogens with zero attached hydrogens (tertiary/aromatic N) is 3. The van der Waals surface area contributed by atoms with Gasteiger partial charge in [-0.2, -0.15) is 0 Å². The highest BCUT2D eigenvalue weighted by Gasteiger charge is 2.43. The molecule has 0 aromatic heterocycles. The second-order valence-corrected chi connectivity index (χ2v) is 8.29. The molecule has 0 amide bonds. The summed E-state index contributed by atoms with van der Waals surface area (Å²) in [4.78, 5) is 9.64. The number of aliphatic imine (C=N–C) groups is 1. The molecule has 1 saturated heterocycles. The summed E-state index contributed by atoms with van der Waals surface area (Å²) >= 11 is 0. The molecule has 0 radical (unpaired) electrons. The predicted molar refractivity (Wildman–Crippen MR) is 119 cm³/mol. The molecule has 1 aromatic carbocycles. The van der Waals surface area contributed by atoms with Crippen molar-refractivity contribution in [2.45, 2.75) is 51.6 Å². The van der Waals surface area contributed by atoms with Gasteiger partial charge >= 0.3 is 0 Å². The van der Waals surface area contributed by atoms with Crippen LogP contribution in [0.15, 0.2) is 29.3 Å². The average molecular weight is 468 g/mol. The largest absolute Gasteiger partial charge is 0.355 e. The molecular weight excluding hydrogens is 435 g/mol. The molecule has 2 heterocycles. The lowest BCUT2D eigenvalue weighted by Gasteiger charge is -2.38. The van der Waals surface area contributed by atoms with Crippen molar-refractivity contribution >= 4 is 29.9 Å². The second kappa shape index (κ2) is 8.46. The quantitative estimate of drug-likeness (QED) is 0.419. The SMILES string of the molecule is CN=C(NCC(C)N1CCc2ccccc2C1)N1CCC2(CCC2)C1.I. The molecule has 144 valence electrons. The van der Waals surface area contributed by atoms with E-state index in [1.54, 1.807) is 0 Å². The van der Waals surface area contributed by atoms with Gasteiger partial charge in [-0.1, -0.05) is 30.7 Å². The van der Waals surface area contributed by atoms with Gasteiger partial charge in [0.05, 0.1) is 0 Å². The Morgan fingerprint density at radius 3 is 2.62 bits per heavy atom. The zero-order chi connectivity index (χ0) is 17.3. The van der Waals surface area contributed by atoms with Crippen molar-refractivity contribution in [1.82, 2.24) is 15.1 Å². The minimum atomic E-state index is 0. The van der Waals surface area contributed by atoms with Crippen molar-refractivity contribution < 1.29 is 0 Å². The van der Waals surface area contributed by atoms with Crippen LogP contribution in [0.5, 0.6) is 0 Å². The first kappa shape index (κ1) is 19.9. The lowest BCUT2D eigenvalue weighted by molar-refractivity contribution is 0.151. The normalized spacial score (nSPS) is 23.2. The van der Waals surface area contributed by atoms with Gasteiger partial charge in [-0.25, -0.2) is 0 Å². The zero-order valence-corrected chi connectivity index (χ0v) is 18.5. The van der Waals surface area contributed by atoms with Crippen molar-refractivity contribution in [2.75, 3.05) is 33.2 Å². The van der Waals surface area contributed by atoms with Gasteiger partial charge in [-0.3, -0.25) is 9.89 Å². The molecule has 1 aliphatic carbocycles. The van der Waals surface area contributed by atoms with Crippen molar-refractivity contribution in [1.29, 1.82) is 0 Å². The van der Waals surface area contributed by atoms with Crippen LogP contribution in [0.3, 0.4) is 0 Å². The third kappa shape index (κ3) is 4.03. The first-order valence-corrected chi connectivity index (χ1v) is 9.96. The second-order valence-electron chi connectivity index (χ2n) is 8.29. The third-order valence-corrected chi connectivity index (χ3v) is 6.70. The fourth-order valence-electron chi connectivity index (χ4n) is 4.79. The van der Waals surface area contributed by atoms with Gasteiger partial charge in [0.2, 0.25) is 0 Å². The Hall–Kier alpha value is -0.820. The van der Waals surface area contributed by atoms with E-state index in [-0.39, 0.29) is 24.0 Å². The van der Waals surface area contributed by atoms with E-state index in [1.165, 1.54) is 56.3 Å². The fraction of sp³-hybridized carbons (Fsp3) is 0.667. The highest BCUT2D eigenvalue weighted by Crippen LogP contribution is 2.47. The Kier molecular flexibility index (Phi) is 6.49. The van der Waals surface area contributed by atoms with Crippen molar-refractivity contribution in [2.24, 2.45) is 10.4 Å². The molecule has 4 rings (SSSR count). The summed E-state index contributed by atoms with van der Waals surface area (Å²) in [6.07, 6.45) is 6.79. The fourth-order valence-corrected chi connectivity index (χ4v) is 4.79. The molecule has 1 saturated carbocycles. The maximum absolute atomic E-state index is 4.56. The van der Waals surface area contributed by atoms with Crippen molar-refractivity contribution in [3.63, 3.8) is 0 Å². The monoisotopic (exact) mass is 468 g/mol. The molecule has 3 aliphatic rings. The molecule has 1 atom stereocenters. The summed E-state index contributed by atoms with van der Waals surface area (Å²) in [5.41, 5.74) is 3.65. The summed E-state index contributed by atoms with van der Waals surface area (Å²) in [7, 11) is 1.93. The molecule has 1 N–H and O–H groups in total. The van der Waals surface area contributed by atoms with Crippen LogP contribution in [0, 0.1) is 5.41 Å². The molecule has 26 heavy (non-hydrogen) atoms. The van der Waals surface area contributed by atoms with Gasteiger partial charge in [0, 0.05) is 45.8 Å². The van der Waals surface area contributed by atoms with Crippen LogP contribution in [0.1, 0.15) is 43.7 Å². The Bertz CT molecular complexity index is 641. The number of guanidine groups is 1. The van der Waals surface area contributed by atoms with Gasteiger partial charge in [-0.15, -0.1) is 24.0 Å². The smallest absolute Gasteiger partial charge is 0.193 e. The number of halogens is 1. The van der Waals surface area contributed by atoms with Crippen LogP contribution < -0.4 is 5.32 Å². The highest BCUT2D eigenvalue weighted by molar-refractivity contribution is 14.0. The van der Waals surface area contributed by atoms with E-state index in [0.29, 0.717) is 11.5 Å². The molecule has 4 nitrogen and oxygen atoms in total. The maximum atomic E-state index is 4.56. The van der Waals surface area contributed by atoms with E-state index in [1.807, 2.05) is 7.05 Å². The molecule has 1 aromatic rings. The number of hydrogen-bond donors (Lipinski definition) is 1. The lowest BCUT2D eigenvalue weighted by atomic mass is 9.68. The minimum Gasteiger partial charge on any atom is -0.355 e. The highest BCUT2D eigenvalue weighted by atomic mass is 127. The van der Waals surface area contributed by atoms with Gasteiger partial charge in [-0.05, 0) is 49.1 Å². The first-order chi connectivity index (χ1) is 12.2. The molecule has 1 unspecified atom stereocenters. The molecule has 1 spiro atoms. The molecule has 0 bridgehead atoms. The third-order valence-electron chi connectivity index (χ3n) is 6.70. The van der Waals surface area contributed by atoms with Gasteiger partial charge in [0.1, 0.15) is 0 Å². The van der Waals surface area contributed by atoms with E-state index >= 15 is 0 Å². The minimum absolute atomic E-state index is 0. The number of fused-ring (bicyclic) bond motifs is 1. The lowest BCUT2D eigenvalue weighted by Crippen LogP contribution is -2.48. The first-order valence-electron chi connectivity index (χ1n) is 9.96. The number of benzene rings is 1. The summed E-state index contributed by atoms with van der Waals surface area (Å²) < 4.78 is 0.